The molecule has 0 N–H and O–H groups in total. The van der Waals surface area contributed by atoms with Gasteiger partial charge >= 0.3 is 0 Å². The van der Waals surface area contributed by atoms with E-state index in [0.717, 1.165) is 5.03 Å². The third-order valence-corrected chi connectivity index (χ3v) is 1.84. The highest BCUT2D eigenvalue weighted by Crippen LogP contribution is 2.20. The summed E-state index contributed by atoms with van der Waals surface area (Å²) in [5.41, 5.74) is 0. The van der Waals surface area contributed by atoms with Crippen LogP contribution in [0, 0.1) is 11.8 Å². The summed E-state index contributed by atoms with van der Waals surface area (Å²) in [6, 6.07) is 0. The molecule has 0 radical (unpaired) electrons. The molecule has 0 aliphatic rings. The third kappa shape index (κ3) is 2.37. The molecule has 0 spiro atoms. The summed E-state index contributed by atoms with van der Waals surface area (Å²) in [5, 5.41) is 0.764. The van der Waals surface area contributed by atoms with Crippen LogP contribution in [-0.4, -0.2) is 0 Å². The summed E-state index contributed by atoms with van der Waals surface area (Å²) in [5.74, 6) is 1.05. The van der Waals surface area contributed by atoms with Crippen LogP contribution < -0.4 is 0 Å². The predicted octanol–water partition coefficient (Wildman–Crippen LogP) is 3.03. The molecule has 0 aliphatic carbocycles. The zero-order valence-corrected chi connectivity index (χ0v) is 6.50. The van der Waals surface area contributed by atoms with Crippen LogP contribution in [0.2, 0.25) is 0 Å². The van der Waals surface area contributed by atoms with Crippen molar-refractivity contribution in [1.82, 2.24) is 0 Å². The third-order valence-electron chi connectivity index (χ3n) is 1.49. The molecular weight excluding hydrogens is 120 g/mol. The lowest BCUT2D eigenvalue weighted by atomic mass is 9.98. The Balaban J connectivity index is 3.64. The molecule has 8 heavy (non-hydrogen) atoms. The molecule has 1 unspecified atom stereocenters. The topological polar surface area (TPSA) is 0 Å². The monoisotopic (exact) mass is 132 g/mol. The molecule has 0 amide bonds. The number of hydrogen-bond donors (Lipinski definition) is 0. The van der Waals surface area contributed by atoms with Crippen molar-refractivity contribution < 1.29 is 0 Å². The number of hydrogen-bond acceptors (Lipinski definition) is 0. The van der Waals surface area contributed by atoms with Crippen LogP contribution in [0.3, 0.4) is 0 Å². The highest BCUT2D eigenvalue weighted by molar-refractivity contribution is 6.29. The molecule has 0 aromatic heterocycles. The van der Waals surface area contributed by atoms with Gasteiger partial charge in [0.05, 0.1) is 0 Å². The van der Waals surface area contributed by atoms with Gasteiger partial charge < -0.3 is 0 Å². The molecular formula is C7H13Cl. The van der Waals surface area contributed by atoms with Crippen molar-refractivity contribution in [2.75, 3.05) is 0 Å². The first-order valence-electron chi connectivity index (χ1n) is 2.90. The van der Waals surface area contributed by atoms with E-state index in [-0.39, 0.29) is 0 Å². The Hall–Kier alpha value is 0.0300. The van der Waals surface area contributed by atoms with Crippen molar-refractivity contribution in [2.45, 2.75) is 20.8 Å². The van der Waals surface area contributed by atoms with Crippen molar-refractivity contribution >= 4 is 11.6 Å². The second kappa shape index (κ2) is 3.13. The summed E-state index contributed by atoms with van der Waals surface area (Å²) in [4.78, 5) is 0. The lowest BCUT2D eigenvalue weighted by Crippen LogP contribution is -2.02. The Labute approximate surface area is 56.5 Å². The molecule has 0 aromatic rings. The zero-order chi connectivity index (χ0) is 6.73. The van der Waals surface area contributed by atoms with Gasteiger partial charge in [-0.3, -0.25) is 0 Å². The van der Waals surface area contributed by atoms with Gasteiger partial charge in [-0.15, -0.1) is 0 Å². The summed E-state index contributed by atoms with van der Waals surface area (Å²) >= 11 is 5.63. The van der Waals surface area contributed by atoms with Crippen LogP contribution in [0.25, 0.3) is 0 Å². The van der Waals surface area contributed by atoms with Gasteiger partial charge in [-0.2, -0.15) is 0 Å². The van der Waals surface area contributed by atoms with Gasteiger partial charge in [0.1, 0.15) is 0 Å². The number of allylic oxidation sites excluding steroid dienone is 1. The quantitative estimate of drug-likeness (QED) is 0.542. The average molecular weight is 133 g/mol. The second-order valence-electron chi connectivity index (χ2n) is 2.48. The van der Waals surface area contributed by atoms with E-state index in [1.54, 1.807) is 0 Å². The molecule has 0 aliphatic heterocycles. The van der Waals surface area contributed by atoms with Crippen molar-refractivity contribution in [1.29, 1.82) is 0 Å². The predicted molar refractivity (Wildman–Crippen MR) is 39.0 cm³/mol. The minimum atomic E-state index is 0.441. The van der Waals surface area contributed by atoms with Gasteiger partial charge in [0, 0.05) is 5.03 Å². The van der Waals surface area contributed by atoms with Gasteiger partial charge in [0.25, 0.3) is 0 Å². The minimum Gasteiger partial charge on any atom is -0.0895 e. The maximum Gasteiger partial charge on any atom is 0.0140 e. The van der Waals surface area contributed by atoms with Gasteiger partial charge in [0.2, 0.25) is 0 Å². The Morgan fingerprint density at radius 2 is 1.75 bits per heavy atom. The molecule has 0 bridgehead atoms. The van der Waals surface area contributed by atoms with Crippen molar-refractivity contribution in [3.05, 3.63) is 11.6 Å². The van der Waals surface area contributed by atoms with Crippen LogP contribution in [-0.2, 0) is 0 Å². The Kier molecular flexibility index (Phi) is 3.15. The molecule has 1 atom stereocenters. The van der Waals surface area contributed by atoms with Crippen LogP contribution in [0.1, 0.15) is 20.8 Å². The highest BCUT2D eigenvalue weighted by atomic mass is 35.5. The van der Waals surface area contributed by atoms with Gasteiger partial charge in [0.15, 0.2) is 0 Å². The molecule has 48 valence electrons. The largest absolute Gasteiger partial charge is 0.0895 e. The SMILES string of the molecule is C=C(Cl)C(C)C(C)C. The first-order valence-corrected chi connectivity index (χ1v) is 3.27. The second-order valence-corrected chi connectivity index (χ2v) is 2.97. The first kappa shape index (κ1) is 8.03. The van der Waals surface area contributed by atoms with Crippen LogP contribution in [0.4, 0.5) is 0 Å². The number of rotatable bonds is 2. The molecule has 0 fully saturated rings. The molecule has 1 heteroatoms. The van der Waals surface area contributed by atoms with Gasteiger partial charge in [-0.25, -0.2) is 0 Å². The molecule has 0 heterocycles. The van der Waals surface area contributed by atoms with Gasteiger partial charge in [-0.1, -0.05) is 39.0 Å². The normalized spacial score (nSPS) is 14.1. The molecule has 0 aromatic carbocycles. The van der Waals surface area contributed by atoms with Crippen LogP contribution in [0.15, 0.2) is 11.6 Å². The fraction of sp³-hybridized carbons (Fsp3) is 0.714. The van der Waals surface area contributed by atoms with Crippen molar-refractivity contribution in [3.8, 4) is 0 Å². The van der Waals surface area contributed by atoms with E-state index in [1.807, 2.05) is 0 Å². The summed E-state index contributed by atoms with van der Waals surface area (Å²) in [6.07, 6.45) is 0. The van der Waals surface area contributed by atoms with E-state index < -0.39 is 0 Å². The molecule has 0 nitrogen and oxygen atoms in total. The molecule has 0 rings (SSSR count). The number of halogens is 1. The lowest BCUT2D eigenvalue weighted by molar-refractivity contribution is 0.497. The van der Waals surface area contributed by atoms with E-state index in [0.29, 0.717) is 11.8 Å². The van der Waals surface area contributed by atoms with Gasteiger partial charge in [-0.05, 0) is 11.8 Å². The molecule has 0 saturated heterocycles. The Bertz CT molecular complexity index is 84.4. The van der Waals surface area contributed by atoms with Crippen LogP contribution >= 0.6 is 11.6 Å². The van der Waals surface area contributed by atoms with E-state index in [1.165, 1.54) is 0 Å². The van der Waals surface area contributed by atoms with Crippen molar-refractivity contribution in [3.63, 3.8) is 0 Å². The fourth-order valence-electron chi connectivity index (χ4n) is 0.362. The van der Waals surface area contributed by atoms with E-state index in [9.17, 15) is 0 Å². The maximum absolute atomic E-state index is 5.63. The minimum absolute atomic E-state index is 0.441. The Morgan fingerprint density at radius 3 is 1.75 bits per heavy atom. The first-order chi connectivity index (χ1) is 3.55. The zero-order valence-electron chi connectivity index (χ0n) is 5.74. The standard InChI is InChI=1S/C7H13Cl/c1-5(2)6(3)7(4)8/h5-6H,4H2,1-3H3. The van der Waals surface area contributed by atoms with E-state index >= 15 is 0 Å². The Morgan fingerprint density at radius 1 is 1.38 bits per heavy atom. The average Bonchev–Trinajstić information content (AvgIpc) is 1.64. The summed E-state index contributed by atoms with van der Waals surface area (Å²) < 4.78 is 0. The summed E-state index contributed by atoms with van der Waals surface area (Å²) in [7, 11) is 0. The highest BCUT2D eigenvalue weighted by Gasteiger charge is 2.07. The molecule has 0 saturated carbocycles. The fourth-order valence-corrected chi connectivity index (χ4v) is 0.614. The van der Waals surface area contributed by atoms with Crippen molar-refractivity contribution in [2.24, 2.45) is 11.8 Å². The van der Waals surface area contributed by atoms with Crippen LogP contribution in [0.5, 0.6) is 0 Å². The van der Waals surface area contributed by atoms with E-state index in [2.05, 4.69) is 27.4 Å². The summed E-state index contributed by atoms with van der Waals surface area (Å²) in [6.45, 7) is 10.00. The van der Waals surface area contributed by atoms with E-state index in [4.69, 9.17) is 11.6 Å². The maximum atomic E-state index is 5.63. The smallest absolute Gasteiger partial charge is 0.0140 e. The lowest BCUT2D eigenvalue weighted by Gasteiger charge is -2.12.